The third kappa shape index (κ3) is 3.03. The van der Waals surface area contributed by atoms with E-state index in [0.717, 1.165) is 42.3 Å². The third-order valence-electron chi connectivity index (χ3n) is 6.46. The minimum Gasteiger partial charge on any atom is -0.338 e. The minimum absolute atomic E-state index is 0.0199. The van der Waals surface area contributed by atoms with Gasteiger partial charge in [0.25, 0.3) is 5.91 Å². The highest BCUT2D eigenvalue weighted by molar-refractivity contribution is 6.11. The van der Waals surface area contributed by atoms with Crippen LogP contribution < -0.4 is 0 Å². The van der Waals surface area contributed by atoms with Gasteiger partial charge in [0.15, 0.2) is 5.78 Å². The van der Waals surface area contributed by atoms with Crippen LogP contribution in [0.4, 0.5) is 0 Å². The van der Waals surface area contributed by atoms with E-state index >= 15 is 0 Å². The number of pyridine rings is 1. The average molecular weight is 384 g/mol. The number of Topliss-reactive ketones (excluding diaryl/α,β-unsaturated/α-hetero) is 1. The molecule has 146 valence electrons. The van der Waals surface area contributed by atoms with E-state index in [9.17, 15) is 9.59 Å². The Kier molecular flexibility index (Phi) is 4.42. The molecule has 1 amide bonds. The lowest BCUT2D eigenvalue weighted by Gasteiger charge is -2.32. The zero-order valence-corrected chi connectivity index (χ0v) is 16.6. The largest absolute Gasteiger partial charge is 0.338 e. The molecule has 4 nitrogen and oxygen atoms in total. The van der Waals surface area contributed by atoms with Crippen molar-refractivity contribution >= 4 is 22.5 Å². The fraction of sp³-hybridized carbons (Fsp3) is 0.320. The quantitative estimate of drug-likeness (QED) is 0.630. The van der Waals surface area contributed by atoms with Crippen molar-refractivity contribution in [2.75, 3.05) is 13.1 Å². The summed E-state index contributed by atoms with van der Waals surface area (Å²) >= 11 is 0. The Hall–Kier alpha value is -3.01. The molecule has 3 aromatic rings. The number of benzene rings is 2. The number of carbonyl (C=O) groups is 2. The van der Waals surface area contributed by atoms with Gasteiger partial charge in [0.05, 0.1) is 5.56 Å². The Balaban J connectivity index is 1.43. The number of amides is 1. The molecule has 4 heteroatoms. The molecule has 1 aromatic heterocycles. The maximum atomic E-state index is 13.5. The molecule has 2 heterocycles. The van der Waals surface area contributed by atoms with Gasteiger partial charge in [-0.25, -0.2) is 0 Å². The summed E-state index contributed by atoms with van der Waals surface area (Å²) in [6, 6.07) is 14.0. The van der Waals surface area contributed by atoms with Gasteiger partial charge in [-0.15, -0.1) is 0 Å². The fourth-order valence-electron chi connectivity index (χ4n) is 4.94. The number of rotatable bonds is 3. The molecule has 0 unspecified atom stereocenters. The number of piperidine rings is 1. The zero-order valence-electron chi connectivity index (χ0n) is 16.6. The zero-order chi connectivity index (χ0) is 20.0. The molecule has 5 rings (SSSR count). The van der Waals surface area contributed by atoms with Crippen molar-refractivity contribution in [2.45, 2.75) is 32.6 Å². The van der Waals surface area contributed by atoms with E-state index in [-0.39, 0.29) is 17.6 Å². The highest BCUT2D eigenvalue weighted by Crippen LogP contribution is 2.34. The monoisotopic (exact) mass is 384 g/mol. The van der Waals surface area contributed by atoms with Gasteiger partial charge < -0.3 is 4.90 Å². The first-order valence-electron chi connectivity index (χ1n) is 10.4. The normalized spacial score (nSPS) is 18.2. The highest BCUT2D eigenvalue weighted by atomic mass is 16.2. The van der Waals surface area contributed by atoms with Crippen molar-refractivity contribution in [3.8, 4) is 0 Å². The minimum atomic E-state index is -0.150. The van der Waals surface area contributed by atoms with Crippen LogP contribution in [0.15, 0.2) is 48.7 Å². The van der Waals surface area contributed by atoms with Crippen molar-refractivity contribution in [3.05, 3.63) is 76.6 Å². The Labute approximate surface area is 170 Å². The van der Waals surface area contributed by atoms with Crippen LogP contribution >= 0.6 is 0 Å². The Morgan fingerprint density at radius 3 is 2.66 bits per heavy atom. The van der Waals surface area contributed by atoms with Gasteiger partial charge in [-0.05, 0) is 66.6 Å². The maximum Gasteiger partial charge on any atom is 0.255 e. The molecule has 0 saturated carbocycles. The summed E-state index contributed by atoms with van der Waals surface area (Å²) in [7, 11) is 0. The van der Waals surface area contributed by atoms with Crippen molar-refractivity contribution in [1.29, 1.82) is 0 Å². The van der Waals surface area contributed by atoms with E-state index in [1.165, 1.54) is 16.5 Å². The molecule has 1 aliphatic heterocycles. The van der Waals surface area contributed by atoms with E-state index in [2.05, 4.69) is 29.2 Å². The summed E-state index contributed by atoms with van der Waals surface area (Å²) in [4.78, 5) is 32.6. The van der Waals surface area contributed by atoms with Crippen LogP contribution in [0.5, 0.6) is 0 Å². The van der Waals surface area contributed by atoms with Crippen molar-refractivity contribution in [3.63, 3.8) is 0 Å². The Bertz CT molecular complexity index is 1120. The molecule has 0 spiro atoms. The lowest BCUT2D eigenvalue weighted by Crippen LogP contribution is -2.42. The molecular weight excluding hydrogens is 360 g/mol. The number of hydrogen-bond acceptors (Lipinski definition) is 3. The van der Waals surface area contributed by atoms with Gasteiger partial charge in [-0.3, -0.25) is 14.6 Å². The number of aryl methyl sites for hydroxylation is 3. The fourth-order valence-corrected chi connectivity index (χ4v) is 4.94. The third-order valence-corrected chi connectivity index (χ3v) is 6.46. The summed E-state index contributed by atoms with van der Waals surface area (Å²) in [5.41, 5.74) is 4.87. The summed E-state index contributed by atoms with van der Waals surface area (Å²) in [6.45, 7) is 3.03. The van der Waals surface area contributed by atoms with E-state index in [1.807, 2.05) is 24.0 Å². The van der Waals surface area contributed by atoms with Crippen molar-refractivity contribution < 1.29 is 9.59 Å². The van der Waals surface area contributed by atoms with Gasteiger partial charge in [0.1, 0.15) is 0 Å². The summed E-state index contributed by atoms with van der Waals surface area (Å²) in [5.74, 6) is -0.00217. The van der Waals surface area contributed by atoms with E-state index in [4.69, 9.17) is 0 Å². The molecule has 1 saturated heterocycles. The van der Waals surface area contributed by atoms with Crippen LogP contribution in [-0.2, 0) is 12.8 Å². The predicted octanol–water partition coefficient (Wildman–Crippen LogP) is 4.38. The molecule has 1 atom stereocenters. The molecule has 2 aromatic carbocycles. The molecule has 0 radical (unpaired) electrons. The van der Waals surface area contributed by atoms with E-state index in [1.54, 1.807) is 12.3 Å². The van der Waals surface area contributed by atoms with E-state index < -0.39 is 0 Å². The van der Waals surface area contributed by atoms with Gasteiger partial charge in [0.2, 0.25) is 0 Å². The molecular formula is C25H24N2O2. The lowest BCUT2D eigenvalue weighted by atomic mass is 9.87. The number of hydrogen-bond donors (Lipinski definition) is 0. The van der Waals surface area contributed by atoms with Gasteiger partial charge in [0, 0.05) is 36.5 Å². The number of carbonyl (C=O) groups excluding carboxylic acids is 2. The van der Waals surface area contributed by atoms with Crippen LogP contribution in [0.25, 0.3) is 10.8 Å². The molecule has 0 bridgehead atoms. The molecule has 2 aliphatic rings. The van der Waals surface area contributed by atoms with Crippen LogP contribution in [0.1, 0.15) is 50.4 Å². The number of ketones is 1. The van der Waals surface area contributed by atoms with Crippen LogP contribution in [0.3, 0.4) is 0 Å². The molecule has 29 heavy (non-hydrogen) atoms. The average Bonchev–Trinajstić information content (AvgIpc) is 3.18. The molecule has 1 aliphatic carbocycles. The summed E-state index contributed by atoms with van der Waals surface area (Å²) in [5, 5.41) is 2.35. The van der Waals surface area contributed by atoms with Crippen molar-refractivity contribution in [2.24, 2.45) is 5.92 Å². The second kappa shape index (κ2) is 7.11. The van der Waals surface area contributed by atoms with Crippen molar-refractivity contribution in [1.82, 2.24) is 9.88 Å². The second-order valence-corrected chi connectivity index (χ2v) is 8.20. The first kappa shape index (κ1) is 18.0. The Morgan fingerprint density at radius 2 is 1.83 bits per heavy atom. The summed E-state index contributed by atoms with van der Waals surface area (Å²) in [6.07, 6.45) is 5.49. The first-order chi connectivity index (χ1) is 14.1. The SMILES string of the molecule is Cc1ncccc1C(=O)N1CCC[C@H](C(=O)c2ccc3c4c(cccc24)CC3)C1. The topological polar surface area (TPSA) is 50.3 Å². The highest BCUT2D eigenvalue weighted by Gasteiger charge is 2.31. The number of likely N-dealkylation sites (tertiary alicyclic amines) is 1. The maximum absolute atomic E-state index is 13.5. The van der Waals surface area contributed by atoms with Gasteiger partial charge in [-0.1, -0.05) is 30.3 Å². The lowest BCUT2D eigenvalue weighted by molar-refractivity contribution is 0.0636. The van der Waals surface area contributed by atoms with Crippen LogP contribution in [0.2, 0.25) is 0 Å². The smallest absolute Gasteiger partial charge is 0.255 e. The van der Waals surface area contributed by atoms with Crippen LogP contribution in [0, 0.1) is 12.8 Å². The number of aromatic nitrogens is 1. The second-order valence-electron chi connectivity index (χ2n) is 8.20. The first-order valence-corrected chi connectivity index (χ1v) is 10.4. The predicted molar refractivity (Wildman–Crippen MR) is 113 cm³/mol. The standard InChI is InChI=1S/C25H24N2O2/c1-16-20(8-3-13-26-16)25(29)27-14-4-6-19(15-27)24(28)22-12-11-18-10-9-17-5-2-7-21(22)23(17)18/h2-3,5,7-8,11-13,19H,4,6,9-10,14-15H2,1H3/t19-/m0/s1. The van der Waals surface area contributed by atoms with E-state index in [0.29, 0.717) is 18.7 Å². The van der Waals surface area contributed by atoms with Gasteiger partial charge >= 0.3 is 0 Å². The van der Waals surface area contributed by atoms with Crippen LogP contribution in [-0.4, -0.2) is 34.7 Å². The van der Waals surface area contributed by atoms with Gasteiger partial charge in [-0.2, -0.15) is 0 Å². The number of nitrogens with zero attached hydrogens (tertiary/aromatic N) is 2. The molecule has 0 N–H and O–H groups in total. The molecule has 1 fully saturated rings. The summed E-state index contributed by atoms with van der Waals surface area (Å²) < 4.78 is 0. The Morgan fingerprint density at radius 1 is 1.00 bits per heavy atom.